The highest BCUT2D eigenvalue weighted by molar-refractivity contribution is 5.89. The van der Waals surface area contributed by atoms with Crippen LogP contribution in [0.3, 0.4) is 0 Å². The number of hydrogen-bond donors (Lipinski definition) is 2. The largest absolute Gasteiger partial charge is 0.329 e. The highest BCUT2D eigenvalue weighted by Crippen LogP contribution is 1.98. The van der Waals surface area contributed by atoms with Crippen LogP contribution in [0.5, 0.6) is 0 Å². The van der Waals surface area contributed by atoms with E-state index in [0.29, 0.717) is 12.1 Å². The minimum Gasteiger partial charge on any atom is -0.329 e. The first kappa shape index (κ1) is 10.2. The van der Waals surface area contributed by atoms with Gasteiger partial charge in [-0.15, -0.1) is 0 Å². The zero-order valence-electron chi connectivity index (χ0n) is 7.73. The Morgan fingerprint density at radius 2 is 2.36 bits per heavy atom. The van der Waals surface area contributed by atoms with Gasteiger partial charge in [0, 0.05) is 6.20 Å². The molecule has 1 atom stereocenters. The number of pyridine rings is 1. The van der Waals surface area contributed by atoms with E-state index in [4.69, 9.17) is 0 Å². The Bertz CT molecular complexity index is 313. The highest BCUT2D eigenvalue weighted by Gasteiger charge is 2.05. The van der Waals surface area contributed by atoms with Crippen LogP contribution in [0.2, 0.25) is 0 Å². The van der Waals surface area contributed by atoms with Crippen LogP contribution in [0.4, 0.5) is 10.6 Å². The molecule has 0 bridgehead atoms. The predicted molar refractivity (Wildman–Crippen MR) is 51.9 cm³/mol. The molecule has 1 aromatic heterocycles. The number of anilines is 1. The molecule has 0 fully saturated rings. The van der Waals surface area contributed by atoms with Gasteiger partial charge < -0.3 is 10.1 Å². The quantitative estimate of drug-likeness (QED) is 0.697. The van der Waals surface area contributed by atoms with Crippen molar-refractivity contribution in [2.45, 2.75) is 13.0 Å². The number of carbonyl (C=O) groups is 2. The molecule has 14 heavy (non-hydrogen) atoms. The van der Waals surface area contributed by atoms with Gasteiger partial charge in [-0.2, -0.15) is 0 Å². The molecule has 2 N–H and O–H groups in total. The maximum atomic E-state index is 11.2. The molecule has 5 nitrogen and oxygen atoms in total. The highest BCUT2D eigenvalue weighted by atomic mass is 16.2. The first-order chi connectivity index (χ1) is 6.72. The molecule has 0 aliphatic carbocycles. The smallest absolute Gasteiger partial charge is 0.320 e. The molecule has 0 spiro atoms. The molecule has 0 saturated heterocycles. The van der Waals surface area contributed by atoms with Gasteiger partial charge >= 0.3 is 6.03 Å². The third-order valence-corrected chi connectivity index (χ3v) is 1.47. The summed E-state index contributed by atoms with van der Waals surface area (Å²) in [5.41, 5.74) is 0. The van der Waals surface area contributed by atoms with Crippen molar-refractivity contribution in [2.75, 3.05) is 5.32 Å². The second-order valence-electron chi connectivity index (χ2n) is 2.74. The topological polar surface area (TPSA) is 71.1 Å². The molecule has 1 aromatic rings. The lowest BCUT2D eigenvalue weighted by atomic mass is 10.4. The predicted octanol–water partition coefficient (Wildman–Crippen LogP) is 0.791. The minimum atomic E-state index is -0.501. The summed E-state index contributed by atoms with van der Waals surface area (Å²) in [5, 5.41) is 4.91. The summed E-state index contributed by atoms with van der Waals surface area (Å²) in [6.07, 6.45) is 2.22. The van der Waals surface area contributed by atoms with Gasteiger partial charge in [-0.3, -0.25) is 5.32 Å². The van der Waals surface area contributed by atoms with Crippen molar-refractivity contribution < 1.29 is 9.59 Å². The van der Waals surface area contributed by atoms with E-state index in [-0.39, 0.29) is 0 Å². The molecule has 2 amide bonds. The molecular formula is C9H11N3O2. The maximum Gasteiger partial charge on any atom is 0.320 e. The van der Waals surface area contributed by atoms with Gasteiger partial charge in [-0.25, -0.2) is 9.78 Å². The second kappa shape index (κ2) is 4.96. The van der Waals surface area contributed by atoms with Crippen LogP contribution in [0, 0.1) is 0 Å². The fourth-order valence-electron chi connectivity index (χ4n) is 0.830. The van der Waals surface area contributed by atoms with E-state index < -0.39 is 12.1 Å². The van der Waals surface area contributed by atoms with Crippen LogP contribution >= 0.6 is 0 Å². The van der Waals surface area contributed by atoms with E-state index >= 15 is 0 Å². The Hall–Kier alpha value is -1.91. The zero-order valence-corrected chi connectivity index (χ0v) is 7.73. The minimum absolute atomic E-state index is 0.441. The lowest BCUT2D eigenvalue weighted by molar-refractivity contribution is -0.109. The number of aldehydes is 1. The molecule has 0 aromatic carbocycles. The molecule has 0 radical (unpaired) electrons. The number of nitrogens with zero attached hydrogens (tertiary/aromatic N) is 1. The van der Waals surface area contributed by atoms with Gasteiger partial charge in [0.25, 0.3) is 0 Å². The van der Waals surface area contributed by atoms with Crippen LogP contribution in [0.15, 0.2) is 24.4 Å². The van der Waals surface area contributed by atoms with Crippen molar-refractivity contribution in [1.29, 1.82) is 0 Å². The van der Waals surface area contributed by atoms with E-state index in [1.54, 1.807) is 31.3 Å². The Labute approximate surface area is 81.5 Å². The van der Waals surface area contributed by atoms with Gasteiger partial charge in [0.15, 0.2) is 0 Å². The fourth-order valence-corrected chi connectivity index (χ4v) is 0.830. The van der Waals surface area contributed by atoms with Crippen molar-refractivity contribution in [3.05, 3.63) is 24.4 Å². The van der Waals surface area contributed by atoms with E-state index in [9.17, 15) is 9.59 Å². The Morgan fingerprint density at radius 3 is 2.93 bits per heavy atom. The van der Waals surface area contributed by atoms with E-state index in [1.165, 1.54) is 0 Å². The van der Waals surface area contributed by atoms with Crippen molar-refractivity contribution in [3.63, 3.8) is 0 Å². The molecule has 0 saturated carbocycles. The molecule has 1 rings (SSSR count). The third kappa shape index (κ3) is 3.22. The molecule has 74 valence electrons. The van der Waals surface area contributed by atoms with Gasteiger partial charge in [-0.1, -0.05) is 6.07 Å². The van der Waals surface area contributed by atoms with Crippen molar-refractivity contribution >= 4 is 18.1 Å². The lowest BCUT2D eigenvalue weighted by Gasteiger charge is -2.07. The number of urea groups is 1. The fraction of sp³-hybridized carbons (Fsp3) is 0.222. The van der Waals surface area contributed by atoms with Crippen LogP contribution in [-0.4, -0.2) is 23.3 Å². The molecule has 0 unspecified atom stereocenters. The van der Waals surface area contributed by atoms with Crippen LogP contribution in [-0.2, 0) is 4.79 Å². The number of aromatic nitrogens is 1. The van der Waals surface area contributed by atoms with Crippen molar-refractivity contribution in [3.8, 4) is 0 Å². The summed E-state index contributed by atoms with van der Waals surface area (Å²) in [6.45, 7) is 1.59. The summed E-state index contributed by atoms with van der Waals surface area (Å²) in [5.74, 6) is 0.447. The van der Waals surface area contributed by atoms with Gasteiger partial charge in [0.05, 0.1) is 6.04 Å². The molecule has 1 heterocycles. The first-order valence-corrected chi connectivity index (χ1v) is 4.16. The molecule has 5 heteroatoms. The summed E-state index contributed by atoms with van der Waals surface area (Å²) in [4.78, 5) is 25.3. The van der Waals surface area contributed by atoms with E-state index in [0.717, 1.165) is 0 Å². The average Bonchev–Trinajstić information content (AvgIpc) is 2.19. The maximum absolute atomic E-state index is 11.2. The van der Waals surface area contributed by atoms with Crippen LogP contribution < -0.4 is 10.6 Å². The van der Waals surface area contributed by atoms with Crippen molar-refractivity contribution in [2.24, 2.45) is 0 Å². The average molecular weight is 193 g/mol. The van der Waals surface area contributed by atoms with Gasteiger partial charge in [0.2, 0.25) is 0 Å². The molecular weight excluding hydrogens is 182 g/mol. The summed E-state index contributed by atoms with van der Waals surface area (Å²) in [6, 6.07) is 4.22. The number of rotatable bonds is 3. The molecule has 0 aliphatic heterocycles. The Morgan fingerprint density at radius 1 is 1.57 bits per heavy atom. The second-order valence-corrected chi connectivity index (χ2v) is 2.74. The third-order valence-electron chi connectivity index (χ3n) is 1.47. The summed E-state index contributed by atoms with van der Waals surface area (Å²) >= 11 is 0. The van der Waals surface area contributed by atoms with E-state index in [2.05, 4.69) is 15.6 Å². The number of carbonyl (C=O) groups excluding carboxylic acids is 2. The van der Waals surface area contributed by atoms with Gasteiger partial charge in [-0.05, 0) is 19.1 Å². The summed E-state index contributed by atoms with van der Waals surface area (Å²) < 4.78 is 0. The lowest BCUT2D eigenvalue weighted by Crippen LogP contribution is -2.37. The summed E-state index contributed by atoms with van der Waals surface area (Å²) in [7, 11) is 0. The number of hydrogen-bond acceptors (Lipinski definition) is 3. The van der Waals surface area contributed by atoms with Gasteiger partial charge in [0.1, 0.15) is 12.1 Å². The number of amides is 2. The van der Waals surface area contributed by atoms with Crippen LogP contribution in [0.1, 0.15) is 6.92 Å². The Balaban J connectivity index is 2.46. The normalized spacial score (nSPS) is 11.5. The Kier molecular flexibility index (Phi) is 3.60. The molecule has 0 aliphatic rings. The standard InChI is InChI=1S/C9H11N3O2/c1-7(6-13)11-9(14)12-8-4-2-3-5-10-8/h2-7H,1H3,(H2,10,11,12,14)/t7-/m0/s1. The zero-order chi connectivity index (χ0) is 10.4. The van der Waals surface area contributed by atoms with Crippen molar-refractivity contribution in [1.82, 2.24) is 10.3 Å². The first-order valence-electron chi connectivity index (χ1n) is 4.16. The number of nitrogens with one attached hydrogen (secondary N) is 2. The van der Waals surface area contributed by atoms with E-state index in [1.807, 2.05) is 0 Å². The monoisotopic (exact) mass is 193 g/mol. The van der Waals surface area contributed by atoms with Crippen LogP contribution in [0.25, 0.3) is 0 Å². The SMILES string of the molecule is C[C@@H](C=O)NC(=O)Nc1ccccn1.